The summed E-state index contributed by atoms with van der Waals surface area (Å²) >= 11 is 0. The van der Waals surface area contributed by atoms with Crippen LogP contribution in [0.2, 0.25) is 0 Å². The lowest BCUT2D eigenvalue weighted by Gasteiger charge is -2.24. The molecule has 0 heterocycles. The van der Waals surface area contributed by atoms with Crippen LogP contribution in [0.3, 0.4) is 0 Å². The minimum atomic E-state index is -0.131. The van der Waals surface area contributed by atoms with Gasteiger partial charge in [0.1, 0.15) is 0 Å². The molecular formula is C17H28N2O2. The summed E-state index contributed by atoms with van der Waals surface area (Å²) in [5, 5.41) is 12.2. The van der Waals surface area contributed by atoms with Gasteiger partial charge in [-0.2, -0.15) is 0 Å². The van der Waals surface area contributed by atoms with E-state index in [1.807, 2.05) is 19.1 Å². The van der Waals surface area contributed by atoms with Crippen molar-refractivity contribution in [2.45, 2.75) is 46.5 Å². The molecule has 2 N–H and O–H groups in total. The van der Waals surface area contributed by atoms with Crippen LogP contribution in [0.1, 0.15) is 50.7 Å². The normalized spacial score (nSPS) is 10.8. The number of aryl methyl sites for hydroxylation is 1. The molecule has 0 aliphatic rings. The molecule has 0 unspecified atom stereocenters. The minimum absolute atomic E-state index is 0.0120. The maximum Gasteiger partial charge on any atom is 0.321 e. The van der Waals surface area contributed by atoms with Crippen LogP contribution in [0.5, 0.6) is 0 Å². The van der Waals surface area contributed by atoms with Gasteiger partial charge in [0.05, 0.1) is 6.61 Å². The summed E-state index contributed by atoms with van der Waals surface area (Å²) in [6.45, 7) is 9.36. The number of benzene rings is 1. The van der Waals surface area contributed by atoms with E-state index < -0.39 is 0 Å². The topological polar surface area (TPSA) is 52.6 Å². The molecule has 0 aromatic heterocycles. The van der Waals surface area contributed by atoms with Gasteiger partial charge in [-0.25, -0.2) is 4.79 Å². The van der Waals surface area contributed by atoms with Gasteiger partial charge in [-0.05, 0) is 30.4 Å². The molecule has 0 aliphatic carbocycles. The lowest BCUT2D eigenvalue weighted by atomic mass is 9.98. The maximum absolute atomic E-state index is 12.4. The fourth-order valence-electron chi connectivity index (χ4n) is 2.31. The predicted molar refractivity (Wildman–Crippen MR) is 87.9 cm³/mol. The molecule has 1 aromatic rings. The summed E-state index contributed by atoms with van der Waals surface area (Å²) in [6.07, 6.45) is 1.97. The summed E-state index contributed by atoms with van der Waals surface area (Å²) in [5.41, 5.74) is 3.11. The number of aliphatic hydroxyl groups is 1. The SMILES string of the molecule is CCCCN(CCO)C(=O)Nc1c(C)cccc1C(C)C. The average Bonchev–Trinajstić information content (AvgIpc) is 2.45. The van der Waals surface area contributed by atoms with E-state index in [0.717, 1.165) is 29.7 Å². The monoisotopic (exact) mass is 292 g/mol. The van der Waals surface area contributed by atoms with Gasteiger partial charge >= 0.3 is 6.03 Å². The number of para-hydroxylation sites is 1. The summed E-state index contributed by atoms with van der Waals surface area (Å²) < 4.78 is 0. The van der Waals surface area contributed by atoms with Crippen LogP contribution in [0.4, 0.5) is 10.5 Å². The van der Waals surface area contributed by atoms with Gasteiger partial charge in [-0.1, -0.05) is 45.4 Å². The lowest BCUT2D eigenvalue weighted by molar-refractivity contribution is 0.187. The Morgan fingerprint density at radius 3 is 2.62 bits per heavy atom. The Hall–Kier alpha value is -1.55. The van der Waals surface area contributed by atoms with Gasteiger partial charge in [-0.3, -0.25) is 0 Å². The molecule has 4 heteroatoms. The molecule has 2 amide bonds. The molecule has 0 aliphatic heterocycles. The Balaban J connectivity index is 2.90. The van der Waals surface area contributed by atoms with Crippen molar-refractivity contribution >= 4 is 11.7 Å². The largest absolute Gasteiger partial charge is 0.395 e. The van der Waals surface area contributed by atoms with Gasteiger partial charge in [0.15, 0.2) is 0 Å². The molecule has 1 aromatic carbocycles. The number of carbonyl (C=O) groups excluding carboxylic acids is 1. The fraction of sp³-hybridized carbons (Fsp3) is 0.588. The van der Waals surface area contributed by atoms with E-state index in [-0.39, 0.29) is 12.6 Å². The number of nitrogens with zero attached hydrogens (tertiary/aromatic N) is 1. The van der Waals surface area contributed by atoms with Crippen LogP contribution in [0.25, 0.3) is 0 Å². The molecule has 0 saturated heterocycles. The van der Waals surface area contributed by atoms with E-state index >= 15 is 0 Å². The second kappa shape index (κ2) is 8.67. The summed E-state index contributed by atoms with van der Waals surface area (Å²) in [7, 11) is 0. The number of hydrogen-bond donors (Lipinski definition) is 2. The van der Waals surface area contributed by atoms with Crippen LogP contribution in [0, 0.1) is 6.92 Å². The van der Waals surface area contributed by atoms with Crippen molar-refractivity contribution in [3.05, 3.63) is 29.3 Å². The average molecular weight is 292 g/mol. The molecular weight excluding hydrogens is 264 g/mol. The van der Waals surface area contributed by atoms with Crippen LogP contribution >= 0.6 is 0 Å². The standard InChI is InChI=1S/C17H28N2O2/c1-5-6-10-19(11-12-20)17(21)18-16-14(4)8-7-9-15(16)13(2)3/h7-9,13,20H,5-6,10-12H2,1-4H3,(H,18,21). The van der Waals surface area contributed by atoms with Crippen LogP contribution < -0.4 is 5.32 Å². The van der Waals surface area contributed by atoms with E-state index in [4.69, 9.17) is 5.11 Å². The third kappa shape index (κ3) is 5.05. The predicted octanol–water partition coefficient (Wildman–Crippen LogP) is 3.74. The van der Waals surface area contributed by atoms with Gasteiger partial charge < -0.3 is 15.3 Å². The van der Waals surface area contributed by atoms with Crippen molar-refractivity contribution in [2.24, 2.45) is 0 Å². The molecule has 0 radical (unpaired) electrons. The van der Waals surface area contributed by atoms with Gasteiger partial charge in [0, 0.05) is 18.8 Å². The molecule has 1 rings (SSSR count). The Morgan fingerprint density at radius 2 is 2.05 bits per heavy atom. The first-order chi connectivity index (χ1) is 10.0. The molecule has 0 fully saturated rings. The lowest BCUT2D eigenvalue weighted by Crippen LogP contribution is -2.38. The number of nitrogens with one attached hydrogen (secondary N) is 1. The molecule has 0 atom stereocenters. The number of amides is 2. The van der Waals surface area contributed by atoms with Crippen molar-refractivity contribution in [1.82, 2.24) is 4.90 Å². The van der Waals surface area contributed by atoms with Crippen LogP contribution in [0.15, 0.2) is 18.2 Å². The highest BCUT2D eigenvalue weighted by atomic mass is 16.3. The van der Waals surface area contributed by atoms with Crippen molar-refractivity contribution in [3.8, 4) is 0 Å². The molecule has 0 bridgehead atoms. The smallest absolute Gasteiger partial charge is 0.321 e. The number of urea groups is 1. The number of aliphatic hydroxyl groups excluding tert-OH is 1. The Kier molecular flexibility index (Phi) is 7.23. The van der Waals surface area contributed by atoms with E-state index in [1.54, 1.807) is 4.90 Å². The second-order valence-electron chi connectivity index (χ2n) is 5.69. The van der Waals surface area contributed by atoms with Crippen molar-refractivity contribution < 1.29 is 9.90 Å². The van der Waals surface area contributed by atoms with Gasteiger partial charge in [0.2, 0.25) is 0 Å². The first-order valence-corrected chi connectivity index (χ1v) is 7.77. The maximum atomic E-state index is 12.4. The van der Waals surface area contributed by atoms with Crippen molar-refractivity contribution in [2.75, 3.05) is 25.0 Å². The minimum Gasteiger partial charge on any atom is -0.395 e. The highest BCUT2D eigenvalue weighted by Crippen LogP contribution is 2.27. The molecule has 0 spiro atoms. The van der Waals surface area contributed by atoms with Crippen LogP contribution in [-0.4, -0.2) is 35.7 Å². The zero-order valence-electron chi connectivity index (χ0n) is 13.6. The Morgan fingerprint density at radius 1 is 1.33 bits per heavy atom. The fourth-order valence-corrected chi connectivity index (χ4v) is 2.31. The van der Waals surface area contributed by atoms with Gasteiger partial charge in [-0.15, -0.1) is 0 Å². The highest BCUT2D eigenvalue weighted by Gasteiger charge is 2.16. The first kappa shape index (κ1) is 17.5. The number of carbonyl (C=O) groups is 1. The van der Waals surface area contributed by atoms with E-state index in [0.29, 0.717) is 19.0 Å². The van der Waals surface area contributed by atoms with Crippen molar-refractivity contribution in [1.29, 1.82) is 0 Å². The summed E-state index contributed by atoms with van der Waals surface area (Å²) in [6, 6.07) is 5.94. The number of rotatable bonds is 7. The Bertz CT molecular complexity index is 458. The Labute approximate surface area is 128 Å². The van der Waals surface area contributed by atoms with E-state index in [9.17, 15) is 4.79 Å². The molecule has 21 heavy (non-hydrogen) atoms. The van der Waals surface area contributed by atoms with Gasteiger partial charge in [0.25, 0.3) is 0 Å². The number of anilines is 1. The van der Waals surface area contributed by atoms with E-state index in [1.165, 1.54) is 0 Å². The molecule has 0 saturated carbocycles. The van der Waals surface area contributed by atoms with Crippen LogP contribution in [-0.2, 0) is 0 Å². The van der Waals surface area contributed by atoms with Crippen molar-refractivity contribution in [3.63, 3.8) is 0 Å². The summed E-state index contributed by atoms with van der Waals surface area (Å²) in [4.78, 5) is 14.1. The zero-order valence-corrected chi connectivity index (χ0v) is 13.6. The number of unbranched alkanes of at least 4 members (excludes halogenated alkanes) is 1. The molecule has 4 nitrogen and oxygen atoms in total. The number of hydrogen-bond acceptors (Lipinski definition) is 2. The van der Waals surface area contributed by atoms with E-state index in [2.05, 4.69) is 32.2 Å². The summed E-state index contributed by atoms with van der Waals surface area (Å²) in [5.74, 6) is 0.349. The quantitative estimate of drug-likeness (QED) is 0.804. The highest BCUT2D eigenvalue weighted by molar-refractivity contribution is 5.91. The second-order valence-corrected chi connectivity index (χ2v) is 5.69. The third-order valence-corrected chi connectivity index (χ3v) is 3.60. The molecule has 118 valence electrons. The third-order valence-electron chi connectivity index (χ3n) is 3.60. The first-order valence-electron chi connectivity index (χ1n) is 7.77. The zero-order chi connectivity index (χ0) is 15.8.